The molecule has 2 saturated heterocycles. The van der Waals surface area contributed by atoms with E-state index in [0.717, 1.165) is 12.8 Å². The van der Waals surface area contributed by atoms with Crippen LogP contribution in [0.3, 0.4) is 0 Å². The maximum atomic E-state index is 12.0. The number of hydrogen-bond acceptors (Lipinski definition) is 3. The van der Waals surface area contributed by atoms with Gasteiger partial charge in [0.1, 0.15) is 0 Å². The molecule has 5 nitrogen and oxygen atoms in total. The van der Waals surface area contributed by atoms with Gasteiger partial charge in [0.25, 0.3) is 0 Å². The van der Waals surface area contributed by atoms with Crippen molar-refractivity contribution in [3.05, 3.63) is 35.9 Å². The van der Waals surface area contributed by atoms with Crippen molar-refractivity contribution in [3.63, 3.8) is 0 Å². The van der Waals surface area contributed by atoms with E-state index >= 15 is 0 Å². The Hall–Kier alpha value is -1.40. The van der Waals surface area contributed by atoms with Gasteiger partial charge in [-0.1, -0.05) is 30.3 Å². The van der Waals surface area contributed by atoms with Crippen LogP contribution in [0.2, 0.25) is 0 Å². The Morgan fingerprint density at radius 1 is 1.18 bits per heavy atom. The third-order valence-corrected chi connectivity index (χ3v) is 6.49. The van der Waals surface area contributed by atoms with Crippen LogP contribution in [-0.2, 0) is 20.2 Å². The average molecular weight is 322 g/mol. The number of carbonyl (C=O) groups is 1. The monoisotopic (exact) mass is 322 g/mol. The van der Waals surface area contributed by atoms with E-state index in [2.05, 4.69) is 12.1 Å². The predicted molar refractivity (Wildman–Crippen MR) is 84.9 cm³/mol. The molecule has 0 aliphatic carbocycles. The van der Waals surface area contributed by atoms with E-state index in [1.165, 1.54) is 16.1 Å². The van der Waals surface area contributed by atoms with Crippen LogP contribution in [0.5, 0.6) is 0 Å². The Morgan fingerprint density at radius 3 is 2.41 bits per heavy atom. The molecule has 0 radical (unpaired) electrons. The lowest BCUT2D eigenvalue weighted by molar-refractivity contribution is -0.130. The number of sulfonamides is 1. The molecule has 1 aromatic carbocycles. The van der Waals surface area contributed by atoms with Crippen molar-refractivity contribution in [2.45, 2.75) is 31.2 Å². The molecule has 3 rings (SSSR count). The maximum Gasteiger partial charge on any atom is 0.219 e. The lowest BCUT2D eigenvalue weighted by Gasteiger charge is -2.45. The molecule has 2 heterocycles. The molecule has 2 aliphatic rings. The minimum absolute atomic E-state index is 0.0261. The lowest BCUT2D eigenvalue weighted by atomic mass is 9.70. The summed E-state index contributed by atoms with van der Waals surface area (Å²) in [7, 11) is -3.23. The Labute approximate surface area is 132 Å². The zero-order chi connectivity index (χ0) is 16.0. The third-order valence-electron chi connectivity index (χ3n) is 5.22. The molecule has 6 heteroatoms. The van der Waals surface area contributed by atoms with Gasteiger partial charge in [0.15, 0.2) is 0 Å². The van der Waals surface area contributed by atoms with Gasteiger partial charge in [-0.05, 0) is 18.4 Å². The smallest absolute Gasteiger partial charge is 0.219 e. The molecule has 22 heavy (non-hydrogen) atoms. The second-order valence-electron chi connectivity index (χ2n) is 6.37. The van der Waals surface area contributed by atoms with E-state index in [1.54, 1.807) is 6.92 Å². The van der Waals surface area contributed by atoms with Crippen molar-refractivity contribution in [2.75, 3.05) is 25.9 Å². The molecule has 0 spiro atoms. The fraction of sp³-hybridized carbons (Fsp3) is 0.562. The van der Waals surface area contributed by atoms with Crippen molar-refractivity contribution in [1.29, 1.82) is 0 Å². The molecule has 2 fully saturated rings. The summed E-state index contributed by atoms with van der Waals surface area (Å²) in [5.74, 6) is 0.0261. The number of amides is 1. The van der Waals surface area contributed by atoms with Crippen LogP contribution in [-0.4, -0.2) is 55.5 Å². The quantitative estimate of drug-likeness (QED) is 0.822. The topological polar surface area (TPSA) is 57.7 Å². The molecular weight excluding hydrogens is 300 g/mol. The predicted octanol–water partition coefficient (Wildman–Crippen LogP) is 1.21. The molecule has 0 saturated carbocycles. The van der Waals surface area contributed by atoms with Gasteiger partial charge >= 0.3 is 0 Å². The van der Waals surface area contributed by atoms with Crippen LogP contribution >= 0.6 is 0 Å². The molecule has 2 atom stereocenters. The van der Waals surface area contributed by atoms with Crippen molar-refractivity contribution in [2.24, 2.45) is 0 Å². The molecule has 0 aromatic heterocycles. The standard InChI is InChI=1S/C16H22N2O3S/c1-13(19)18-11-9-16(14-6-4-3-5-7-14)8-10-17(12-15(16)18)22(2,20)21/h3-7,15H,8-12H2,1-2H3/t15-,16+/m0/s1. The van der Waals surface area contributed by atoms with Crippen LogP contribution in [0.4, 0.5) is 0 Å². The van der Waals surface area contributed by atoms with E-state index in [-0.39, 0.29) is 17.4 Å². The molecule has 0 bridgehead atoms. The SMILES string of the molecule is CC(=O)N1CC[C@@]2(c3ccccc3)CCN(S(C)(=O)=O)C[C@H]12. The average Bonchev–Trinajstić information content (AvgIpc) is 2.87. The number of carbonyl (C=O) groups excluding carboxylic acids is 1. The van der Waals surface area contributed by atoms with E-state index in [4.69, 9.17) is 0 Å². The summed E-state index contributed by atoms with van der Waals surface area (Å²) >= 11 is 0. The number of benzene rings is 1. The first kappa shape index (κ1) is 15.5. The van der Waals surface area contributed by atoms with E-state index < -0.39 is 10.0 Å². The molecule has 120 valence electrons. The van der Waals surface area contributed by atoms with Crippen LogP contribution < -0.4 is 0 Å². The maximum absolute atomic E-state index is 12.0. The summed E-state index contributed by atoms with van der Waals surface area (Å²) in [6.07, 6.45) is 2.91. The van der Waals surface area contributed by atoms with Gasteiger partial charge in [-0.2, -0.15) is 0 Å². The fourth-order valence-corrected chi connectivity index (χ4v) is 4.88. The van der Waals surface area contributed by atoms with Crippen molar-refractivity contribution in [3.8, 4) is 0 Å². The van der Waals surface area contributed by atoms with Gasteiger partial charge in [-0.15, -0.1) is 0 Å². The normalized spacial score (nSPS) is 29.4. The highest BCUT2D eigenvalue weighted by Crippen LogP contribution is 2.46. The highest BCUT2D eigenvalue weighted by Gasteiger charge is 2.53. The van der Waals surface area contributed by atoms with Crippen molar-refractivity contribution < 1.29 is 13.2 Å². The van der Waals surface area contributed by atoms with Gasteiger partial charge in [0, 0.05) is 32.0 Å². The Balaban J connectivity index is 2.01. The molecule has 0 N–H and O–H groups in total. The number of likely N-dealkylation sites (tertiary alicyclic amines) is 1. The number of nitrogens with zero attached hydrogens (tertiary/aromatic N) is 2. The number of rotatable bonds is 2. The minimum atomic E-state index is -3.23. The number of fused-ring (bicyclic) bond motifs is 1. The largest absolute Gasteiger partial charge is 0.338 e. The minimum Gasteiger partial charge on any atom is -0.338 e. The second kappa shape index (κ2) is 5.35. The highest BCUT2D eigenvalue weighted by molar-refractivity contribution is 7.88. The van der Waals surface area contributed by atoms with Gasteiger partial charge in [-0.25, -0.2) is 12.7 Å². The highest BCUT2D eigenvalue weighted by atomic mass is 32.2. The Kier molecular flexibility index (Phi) is 3.77. The molecule has 1 amide bonds. The summed E-state index contributed by atoms with van der Waals surface area (Å²) in [6, 6.07) is 10.1. The number of hydrogen-bond donors (Lipinski definition) is 0. The van der Waals surface area contributed by atoms with Gasteiger partial charge in [0.05, 0.1) is 12.3 Å². The van der Waals surface area contributed by atoms with Crippen LogP contribution in [0.1, 0.15) is 25.3 Å². The van der Waals surface area contributed by atoms with Crippen molar-refractivity contribution in [1.82, 2.24) is 9.21 Å². The van der Waals surface area contributed by atoms with Gasteiger partial charge in [0.2, 0.25) is 15.9 Å². The lowest BCUT2D eigenvalue weighted by Crippen LogP contribution is -2.57. The first-order valence-electron chi connectivity index (χ1n) is 7.62. The zero-order valence-electron chi connectivity index (χ0n) is 13.0. The Morgan fingerprint density at radius 2 is 1.82 bits per heavy atom. The van der Waals surface area contributed by atoms with Crippen LogP contribution in [0.15, 0.2) is 30.3 Å². The summed E-state index contributed by atoms with van der Waals surface area (Å²) in [4.78, 5) is 13.8. The molecular formula is C16H22N2O3S. The van der Waals surface area contributed by atoms with Gasteiger partial charge in [-0.3, -0.25) is 4.79 Å². The first-order chi connectivity index (χ1) is 10.3. The number of piperidine rings is 1. The zero-order valence-corrected chi connectivity index (χ0v) is 13.8. The second-order valence-corrected chi connectivity index (χ2v) is 8.35. The summed E-state index contributed by atoms with van der Waals surface area (Å²) in [6.45, 7) is 3.19. The summed E-state index contributed by atoms with van der Waals surface area (Å²) < 4.78 is 25.3. The van der Waals surface area contributed by atoms with Gasteiger partial charge < -0.3 is 4.90 Å². The molecule has 0 unspecified atom stereocenters. The fourth-order valence-electron chi connectivity index (χ4n) is 4.04. The molecule has 1 aromatic rings. The third kappa shape index (κ3) is 2.44. The Bertz CT molecular complexity index is 674. The molecule has 2 aliphatic heterocycles. The van der Waals surface area contributed by atoms with Crippen LogP contribution in [0, 0.1) is 0 Å². The summed E-state index contributed by atoms with van der Waals surface area (Å²) in [5.41, 5.74) is 1.10. The summed E-state index contributed by atoms with van der Waals surface area (Å²) in [5, 5.41) is 0. The van der Waals surface area contributed by atoms with E-state index in [9.17, 15) is 13.2 Å². The first-order valence-corrected chi connectivity index (χ1v) is 9.47. The van der Waals surface area contributed by atoms with Crippen LogP contribution in [0.25, 0.3) is 0 Å². The van der Waals surface area contributed by atoms with E-state index in [0.29, 0.717) is 19.6 Å². The van der Waals surface area contributed by atoms with Crippen molar-refractivity contribution >= 4 is 15.9 Å². The van der Waals surface area contributed by atoms with E-state index in [1.807, 2.05) is 23.1 Å².